The maximum atomic E-state index is 11.7. The van der Waals surface area contributed by atoms with Crippen molar-refractivity contribution in [2.75, 3.05) is 13.7 Å². The van der Waals surface area contributed by atoms with Crippen LogP contribution in [0.3, 0.4) is 0 Å². The van der Waals surface area contributed by atoms with Gasteiger partial charge in [-0.3, -0.25) is 14.3 Å². The standard InChI is InChI=1S/C13H16N2O8/c1-21-9(17)3-5-22-6-7-10(18)11(19)12(23-7)15-4-2-8(16)14-13(15)20/h2-5,7,10-12,18-19H,6H2,1H3,(H,14,16,20)/t7-,10-,11-,12-/m1/s1. The average molecular weight is 328 g/mol. The van der Waals surface area contributed by atoms with Crippen LogP contribution < -0.4 is 11.2 Å². The maximum absolute atomic E-state index is 11.7. The molecule has 1 fully saturated rings. The zero-order valence-corrected chi connectivity index (χ0v) is 12.1. The zero-order valence-electron chi connectivity index (χ0n) is 12.1. The summed E-state index contributed by atoms with van der Waals surface area (Å²) in [6, 6.07) is 1.09. The number of nitrogens with one attached hydrogen (secondary N) is 1. The summed E-state index contributed by atoms with van der Waals surface area (Å²) in [7, 11) is 1.21. The van der Waals surface area contributed by atoms with Gasteiger partial charge in [0.25, 0.3) is 5.56 Å². The van der Waals surface area contributed by atoms with Gasteiger partial charge in [0.1, 0.15) is 24.9 Å². The fourth-order valence-electron chi connectivity index (χ4n) is 2.05. The summed E-state index contributed by atoms with van der Waals surface area (Å²) < 4.78 is 15.7. The highest BCUT2D eigenvalue weighted by atomic mass is 16.6. The minimum absolute atomic E-state index is 0.166. The van der Waals surface area contributed by atoms with Crippen molar-refractivity contribution < 1.29 is 29.2 Å². The molecule has 1 aromatic rings. The topological polar surface area (TPSA) is 140 Å². The number of hydrogen-bond acceptors (Lipinski definition) is 8. The molecule has 0 saturated carbocycles. The highest BCUT2D eigenvalue weighted by molar-refractivity contribution is 5.81. The molecule has 1 aliphatic rings. The molecule has 10 heteroatoms. The second kappa shape index (κ2) is 7.22. The van der Waals surface area contributed by atoms with Crippen LogP contribution in [0.5, 0.6) is 0 Å². The number of aromatic nitrogens is 2. The molecular weight excluding hydrogens is 312 g/mol. The van der Waals surface area contributed by atoms with E-state index in [-0.39, 0.29) is 6.61 Å². The van der Waals surface area contributed by atoms with Crippen LogP contribution in [0.4, 0.5) is 0 Å². The van der Waals surface area contributed by atoms with E-state index in [2.05, 4.69) is 4.74 Å². The summed E-state index contributed by atoms with van der Waals surface area (Å²) in [5, 5.41) is 19.9. The van der Waals surface area contributed by atoms with Crippen molar-refractivity contribution in [1.82, 2.24) is 9.55 Å². The SMILES string of the molecule is COC(=O)C=COC[C@H]1O[C@@H](n2ccc(=O)[nH]c2=O)[C@H](O)[C@@H]1O. The Hall–Kier alpha value is -2.43. The van der Waals surface area contributed by atoms with Gasteiger partial charge in [-0.1, -0.05) is 0 Å². The molecule has 0 aromatic carbocycles. The van der Waals surface area contributed by atoms with Crippen molar-refractivity contribution in [3.63, 3.8) is 0 Å². The van der Waals surface area contributed by atoms with Crippen molar-refractivity contribution in [2.24, 2.45) is 0 Å². The summed E-state index contributed by atoms with van der Waals surface area (Å²) in [4.78, 5) is 35.6. The Morgan fingerprint density at radius 3 is 2.83 bits per heavy atom. The van der Waals surface area contributed by atoms with Crippen LogP contribution in [0.2, 0.25) is 0 Å². The van der Waals surface area contributed by atoms with Gasteiger partial charge in [0, 0.05) is 12.3 Å². The maximum Gasteiger partial charge on any atom is 0.333 e. The molecule has 1 aromatic heterocycles. The van der Waals surface area contributed by atoms with E-state index in [9.17, 15) is 24.6 Å². The largest absolute Gasteiger partial charge is 0.498 e. The van der Waals surface area contributed by atoms with E-state index < -0.39 is 41.8 Å². The Bertz CT molecular complexity index is 694. The van der Waals surface area contributed by atoms with Crippen molar-refractivity contribution in [3.8, 4) is 0 Å². The number of aromatic amines is 1. The normalized spacial score (nSPS) is 27.3. The van der Waals surface area contributed by atoms with E-state index in [1.165, 1.54) is 7.11 Å². The first-order valence-electron chi connectivity index (χ1n) is 6.63. The Morgan fingerprint density at radius 1 is 1.43 bits per heavy atom. The van der Waals surface area contributed by atoms with Gasteiger partial charge >= 0.3 is 11.7 Å². The molecule has 0 aliphatic carbocycles. The number of nitrogens with zero attached hydrogens (tertiary/aromatic N) is 1. The van der Waals surface area contributed by atoms with Crippen LogP contribution >= 0.6 is 0 Å². The first-order valence-corrected chi connectivity index (χ1v) is 6.63. The molecule has 23 heavy (non-hydrogen) atoms. The number of aliphatic hydroxyl groups excluding tert-OH is 2. The molecule has 2 heterocycles. The highest BCUT2D eigenvalue weighted by Crippen LogP contribution is 2.28. The number of carbonyl (C=O) groups excluding carboxylic acids is 1. The number of H-pyrrole nitrogens is 1. The number of ether oxygens (including phenoxy) is 3. The number of carbonyl (C=O) groups is 1. The van der Waals surface area contributed by atoms with Gasteiger partial charge in [-0.05, 0) is 0 Å². The molecule has 0 amide bonds. The van der Waals surface area contributed by atoms with Crippen LogP contribution in [0.15, 0.2) is 34.2 Å². The van der Waals surface area contributed by atoms with Crippen molar-refractivity contribution >= 4 is 5.97 Å². The number of esters is 1. The molecule has 126 valence electrons. The van der Waals surface area contributed by atoms with E-state index in [1.807, 2.05) is 4.98 Å². The molecule has 0 radical (unpaired) electrons. The lowest BCUT2D eigenvalue weighted by Crippen LogP contribution is -2.37. The van der Waals surface area contributed by atoms with Gasteiger partial charge < -0.3 is 24.4 Å². The first kappa shape index (κ1) is 16.9. The number of aliphatic hydroxyl groups is 2. The molecule has 10 nitrogen and oxygen atoms in total. The predicted octanol–water partition coefficient (Wildman–Crippen LogP) is -2.14. The third kappa shape index (κ3) is 3.86. The first-order chi connectivity index (χ1) is 10.9. The Labute approximate surface area is 129 Å². The third-order valence-corrected chi connectivity index (χ3v) is 3.22. The number of hydrogen-bond donors (Lipinski definition) is 3. The summed E-state index contributed by atoms with van der Waals surface area (Å²) in [5.41, 5.74) is -1.37. The van der Waals surface area contributed by atoms with Gasteiger partial charge in [-0.15, -0.1) is 0 Å². The molecule has 0 spiro atoms. The Morgan fingerprint density at radius 2 is 2.17 bits per heavy atom. The fourth-order valence-corrected chi connectivity index (χ4v) is 2.05. The average Bonchev–Trinajstić information content (AvgIpc) is 2.79. The molecule has 3 N–H and O–H groups in total. The van der Waals surface area contributed by atoms with Gasteiger partial charge in [0.05, 0.1) is 19.4 Å². The monoisotopic (exact) mass is 328 g/mol. The highest BCUT2D eigenvalue weighted by Gasteiger charge is 2.44. The summed E-state index contributed by atoms with van der Waals surface area (Å²) in [6.45, 7) is -0.166. The van der Waals surface area contributed by atoms with Gasteiger partial charge in [-0.25, -0.2) is 9.59 Å². The molecule has 2 rings (SSSR count). The zero-order chi connectivity index (χ0) is 17.0. The van der Waals surface area contributed by atoms with E-state index in [0.29, 0.717) is 0 Å². The summed E-state index contributed by atoms with van der Waals surface area (Å²) in [5.74, 6) is -0.615. The molecule has 4 atom stereocenters. The molecule has 0 unspecified atom stereocenters. The van der Waals surface area contributed by atoms with Crippen molar-refractivity contribution in [1.29, 1.82) is 0 Å². The van der Waals surface area contributed by atoms with Crippen LogP contribution in [0, 0.1) is 0 Å². The van der Waals surface area contributed by atoms with E-state index in [1.54, 1.807) is 0 Å². The minimum Gasteiger partial charge on any atom is -0.498 e. The van der Waals surface area contributed by atoms with E-state index in [0.717, 1.165) is 29.2 Å². The van der Waals surface area contributed by atoms with E-state index in [4.69, 9.17) is 9.47 Å². The lowest BCUT2D eigenvalue weighted by Gasteiger charge is -2.16. The second-order valence-electron chi connectivity index (χ2n) is 4.72. The quantitative estimate of drug-likeness (QED) is 0.316. The van der Waals surface area contributed by atoms with Gasteiger partial charge in [0.15, 0.2) is 6.23 Å². The smallest absolute Gasteiger partial charge is 0.333 e. The summed E-state index contributed by atoms with van der Waals surface area (Å²) in [6.07, 6.45) is -1.57. The van der Waals surface area contributed by atoms with Gasteiger partial charge in [-0.2, -0.15) is 0 Å². The Kier molecular flexibility index (Phi) is 5.32. The lowest BCUT2D eigenvalue weighted by molar-refractivity contribution is -0.135. The van der Waals surface area contributed by atoms with Gasteiger partial charge in [0.2, 0.25) is 0 Å². The Balaban J connectivity index is 2.03. The third-order valence-electron chi connectivity index (χ3n) is 3.22. The van der Waals surface area contributed by atoms with Crippen LogP contribution in [0.1, 0.15) is 6.23 Å². The van der Waals surface area contributed by atoms with Crippen LogP contribution in [0.25, 0.3) is 0 Å². The predicted molar refractivity (Wildman–Crippen MR) is 74.4 cm³/mol. The van der Waals surface area contributed by atoms with Crippen molar-refractivity contribution in [3.05, 3.63) is 45.4 Å². The fraction of sp³-hybridized carbons (Fsp3) is 0.462. The van der Waals surface area contributed by atoms with Crippen LogP contribution in [-0.2, 0) is 19.0 Å². The molecule has 1 aliphatic heterocycles. The molecular formula is C13H16N2O8. The van der Waals surface area contributed by atoms with Crippen molar-refractivity contribution in [2.45, 2.75) is 24.5 Å². The molecule has 1 saturated heterocycles. The lowest BCUT2D eigenvalue weighted by atomic mass is 10.1. The van der Waals surface area contributed by atoms with E-state index >= 15 is 0 Å². The minimum atomic E-state index is -1.39. The number of rotatable bonds is 5. The number of methoxy groups -OCH3 is 1. The second-order valence-corrected chi connectivity index (χ2v) is 4.72. The molecule has 0 bridgehead atoms. The summed E-state index contributed by atoms with van der Waals surface area (Å²) >= 11 is 0. The van der Waals surface area contributed by atoms with Crippen LogP contribution in [-0.4, -0.2) is 57.8 Å².